The Morgan fingerprint density at radius 2 is 1.60 bits per heavy atom. The molecule has 30 heavy (non-hydrogen) atoms. The van der Waals surface area contributed by atoms with Gasteiger partial charge in [-0.15, -0.1) is 0 Å². The number of ether oxygens (including phenoxy) is 3. The predicted octanol–water partition coefficient (Wildman–Crippen LogP) is 2.73. The van der Waals surface area contributed by atoms with Crippen molar-refractivity contribution in [1.29, 1.82) is 0 Å². The van der Waals surface area contributed by atoms with Crippen LogP contribution in [0.3, 0.4) is 0 Å². The monoisotopic (exact) mass is 432 g/mol. The molecule has 8 heteroatoms. The summed E-state index contributed by atoms with van der Waals surface area (Å²) in [5, 5.41) is 0.613. The van der Waals surface area contributed by atoms with Crippen molar-refractivity contribution in [3.05, 3.63) is 59.1 Å². The van der Waals surface area contributed by atoms with Gasteiger partial charge in [-0.2, -0.15) is 0 Å². The van der Waals surface area contributed by atoms with Gasteiger partial charge in [0.25, 0.3) is 11.8 Å². The summed E-state index contributed by atoms with van der Waals surface area (Å²) in [7, 11) is 1.61. The molecule has 0 unspecified atom stereocenters. The van der Waals surface area contributed by atoms with Crippen LogP contribution >= 0.6 is 11.6 Å². The highest BCUT2D eigenvalue weighted by atomic mass is 35.5. The second-order valence-electron chi connectivity index (χ2n) is 6.78. The summed E-state index contributed by atoms with van der Waals surface area (Å²) < 4.78 is 16.1. The molecule has 2 amide bonds. The molecule has 0 aromatic heterocycles. The lowest BCUT2D eigenvalue weighted by atomic mass is 10.1. The molecule has 1 aliphatic rings. The minimum atomic E-state index is -0.106. The summed E-state index contributed by atoms with van der Waals surface area (Å²) in [6, 6.07) is 14.0. The van der Waals surface area contributed by atoms with Crippen molar-refractivity contribution in [3.8, 4) is 11.5 Å². The Hall–Kier alpha value is -2.77. The van der Waals surface area contributed by atoms with E-state index in [9.17, 15) is 9.59 Å². The van der Waals surface area contributed by atoms with Gasteiger partial charge in [0.05, 0.1) is 6.61 Å². The Bertz CT molecular complexity index is 851. The third-order valence-electron chi connectivity index (χ3n) is 4.73. The quantitative estimate of drug-likeness (QED) is 0.600. The Kier molecular flexibility index (Phi) is 7.93. The Labute approximate surface area is 181 Å². The van der Waals surface area contributed by atoms with E-state index >= 15 is 0 Å². The minimum absolute atomic E-state index is 0.0452. The van der Waals surface area contributed by atoms with E-state index in [-0.39, 0.29) is 18.4 Å². The van der Waals surface area contributed by atoms with E-state index in [1.807, 2.05) is 6.07 Å². The summed E-state index contributed by atoms with van der Waals surface area (Å²) in [5.74, 6) is 1.04. The lowest BCUT2D eigenvalue weighted by Crippen LogP contribution is -2.51. The van der Waals surface area contributed by atoms with Crippen LogP contribution in [0.25, 0.3) is 0 Å². The van der Waals surface area contributed by atoms with Crippen molar-refractivity contribution in [2.24, 2.45) is 0 Å². The first kappa shape index (κ1) is 21.9. The maximum atomic E-state index is 12.8. The molecule has 7 nitrogen and oxygen atoms in total. The molecule has 0 spiro atoms. The van der Waals surface area contributed by atoms with Crippen LogP contribution in [0.5, 0.6) is 11.5 Å². The van der Waals surface area contributed by atoms with Crippen LogP contribution in [0.15, 0.2) is 48.5 Å². The number of rotatable bonds is 8. The lowest BCUT2D eigenvalue weighted by molar-refractivity contribution is -0.134. The molecule has 3 rings (SSSR count). The van der Waals surface area contributed by atoms with E-state index in [0.717, 1.165) is 0 Å². The van der Waals surface area contributed by atoms with E-state index in [1.165, 1.54) is 0 Å². The predicted molar refractivity (Wildman–Crippen MR) is 113 cm³/mol. The number of nitrogens with zero attached hydrogens (tertiary/aromatic N) is 2. The third-order valence-corrected chi connectivity index (χ3v) is 4.98. The van der Waals surface area contributed by atoms with Crippen LogP contribution in [-0.2, 0) is 9.53 Å². The molecule has 0 radical (unpaired) electrons. The molecule has 160 valence electrons. The number of carbonyl (C=O) groups excluding carboxylic acids is 2. The van der Waals surface area contributed by atoms with E-state index < -0.39 is 0 Å². The molecular weight excluding hydrogens is 408 g/mol. The van der Waals surface area contributed by atoms with Gasteiger partial charge in [0.2, 0.25) is 0 Å². The van der Waals surface area contributed by atoms with Gasteiger partial charge in [0, 0.05) is 43.9 Å². The Morgan fingerprint density at radius 1 is 0.900 bits per heavy atom. The van der Waals surface area contributed by atoms with Crippen LogP contribution in [0, 0.1) is 0 Å². The summed E-state index contributed by atoms with van der Waals surface area (Å²) in [5.41, 5.74) is 0.566. The van der Waals surface area contributed by atoms with Crippen molar-refractivity contribution in [1.82, 2.24) is 9.80 Å². The average molecular weight is 433 g/mol. The topological polar surface area (TPSA) is 68.3 Å². The van der Waals surface area contributed by atoms with Crippen LogP contribution < -0.4 is 9.47 Å². The first-order valence-corrected chi connectivity index (χ1v) is 10.1. The molecule has 0 saturated carbocycles. The lowest BCUT2D eigenvalue weighted by Gasteiger charge is -2.34. The van der Waals surface area contributed by atoms with E-state index in [1.54, 1.807) is 59.4 Å². The fraction of sp³-hybridized carbons (Fsp3) is 0.364. The second-order valence-corrected chi connectivity index (χ2v) is 7.22. The van der Waals surface area contributed by atoms with E-state index in [2.05, 4.69) is 0 Å². The van der Waals surface area contributed by atoms with Gasteiger partial charge in [-0.1, -0.05) is 17.7 Å². The van der Waals surface area contributed by atoms with Gasteiger partial charge in [0.15, 0.2) is 6.61 Å². The molecule has 2 aromatic rings. The average Bonchev–Trinajstić information content (AvgIpc) is 2.78. The zero-order valence-corrected chi connectivity index (χ0v) is 17.6. The van der Waals surface area contributed by atoms with Gasteiger partial charge in [-0.3, -0.25) is 9.59 Å². The van der Waals surface area contributed by atoms with E-state index in [0.29, 0.717) is 61.5 Å². The molecule has 1 aliphatic heterocycles. The number of hydrogen-bond acceptors (Lipinski definition) is 5. The maximum Gasteiger partial charge on any atom is 0.260 e. The first-order valence-electron chi connectivity index (χ1n) is 9.74. The third kappa shape index (κ3) is 6.11. The smallest absolute Gasteiger partial charge is 0.260 e. The molecular formula is C22H25ClN2O5. The van der Waals surface area contributed by atoms with Gasteiger partial charge in [-0.05, 0) is 42.5 Å². The number of hydrogen-bond donors (Lipinski definition) is 0. The normalized spacial score (nSPS) is 13.8. The number of benzene rings is 2. The van der Waals surface area contributed by atoms with Crippen molar-refractivity contribution >= 4 is 23.4 Å². The van der Waals surface area contributed by atoms with Crippen LogP contribution in [0.2, 0.25) is 5.02 Å². The van der Waals surface area contributed by atoms with Crippen molar-refractivity contribution in [3.63, 3.8) is 0 Å². The van der Waals surface area contributed by atoms with Crippen molar-refractivity contribution in [2.45, 2.75) is 0 Å². The Morgan fingerprint density at radius 3 is 2.30 bits per heavy atom. The number of methoxy groups -OCH3 is 1. The van der Waals surface area contributed by atoms with Gasteiger partial charge < -0.3 is 24.0 Å². The number of halogens is 1. The van der Waals surface area contributed by atoms with Gasteiger partial charge in [-0.25, -0.2) is 0 Å². The van der Waals surface area contributed by atoms with Crippen LogP contribution in [0.1, 0.15) is 10.4 Å². The summed E-state index contributed by atoms with van der Waals surface area (Å²) in [6.45, 7) is 2.75. The molecule has 1 fully saturated rings. The molecule has 0 aliphatic carbocycles. The number of piperazine rings is 1. The zero-order chi connectivity index (χ0) is 21.3. The van der Waals surface area contributed by atoms with E-state index in [4.69, 9.17) is 25.8 Å². The zero-order valence-electron chi connectivity index (χ0n) is 16.9. The minimum Gasteiger partial charge on any atom is -0.491 e. The standard InChI is InChI=1S/C22H25ClN2O5/c1-28-13-14-29-20-4-2-3-17(15-20)22(27)25-11-9-24(10-12-25)21(26)16-30-19-7-5-18(23)6-8-19/h2-8,15H,9-14,16H2,1H3. The maximum absolute atomic E-state index is 12.8. The fourth-order valence-corrected chi connectivity index (χ4v) is 3.20. The Balaban J connectivity index is 1.47. The number of amides is 2. The van der Waals surface area contributed by atoms with Gasteiger partial charge in [0.1, 0.15) is 18.1 Å². The fourth-order valence-electron chi connectivity index (χ4n) is 3.07. The van der Waals surface area contributed by atoms with Crippen molar-refractivity contribution < 1.29 is 23.8 Å². The SMILES string of the molecule is COCCOc1cccc(C(=O)N2CCN(C(=O)COc3ccc(Cl)cc3)CC2)c1. The first-order chi connectivity index (χ1) is 14.6. The van der Waals surface area contributed by atoms with Crippen LogP contribution in [-0.4, -0.2) is 74.7 Å². The van der Waals surface area contributed by atoms with Crippen LogP contribution in [0.4, 0.5) is 0 Å². The molecule has 2 aromatic carbocycles. The molecule has 0 bridgehead atoms. The highest BCUT2D eigenvalue weighted by molar-refractivity contribution is 6.30. The highest BCUT2D eigenvalue weighted by Crippen LogP contribution is 2.17. The molecule has 1 saturated heterocycles. The number of carbonyl (C=O) groups is 2. The van der Waals surface area contributed by atoms with Crippen molar-refractivity contribution in [2.75, 3.05) is 53.1 Å². The highest BCUT2D eigenvalue weighted by Gasteiger charge is 2.25. The summed E-state index contributed by atoms with van der Waals surface area (Å²) in [6.07, 6.45) is 0. The molecule has 0 atom stereocenters. The molecule has 0 N–H and O–H groups in total. The summed E-state index contributed by atoms with van der Waals surface area (Å²) >= 11 is 5.84. The van der Waals surface area contributed by atoms with Gasteiger partial charge >= 0.3 is 0 Å². The largest absolute Gasteiger partial charge is 0.491 e. The second kappa shape index (κ2) is 10.8. The molecule has 1 heterocycles. The summed E-state index contributed by atoms with van der Waals surface area (Å²) in [4.78, 5) is 28.7.